The van der Waals surface area contributed by atoms with Crippen LogP contribution in [0.1, 0.15) is 54.4 Å². The van der Waals surface area contributed by atoms with E-state index in [2.05, 4.69) is 0 Å². The van der Waals surface area contributed by atoms with Crippen LogP contribution in [0.15, 0.2) is 36.4 Å². The highest BCUT2D eigenvalue weighted by Crippen LogP contribution is 2.38. The fourth-order valence-electron chi connectivity index (χ4n) is 3.71. The standard InChI is InChI=1S/C22H24F2O3/c1-2-26-18-11-10-17(13-25)19(12-18)16-8-6-15(7-9-16)14-27-21-5-3-4-20(23)22(21)24/h3-5,10-13,15-16H,2,6-9,14H2,1H3. The van der Waals surface area contributed by atoms with Crippen molar-refractivity contribution in [2.45, 2.75) is 38.5 Å². The van der Waals surface area contributed by atoms with Crippen molar-refractivity contribution < 1.29 is 23.0 Å². The molecule has 27 heavy (non-hydrogen) atoms. The number of ether oxygens (including phenoxy) is 2. The third-order valence-corrected chi connectivity index (χ3v) is 5.17. The number of hydrogen-bond donors (Lipinski definition) is 0. The molecule has 1 fully saturated rings. The van der Waals surface area contributed by atoms with Crippen LogP contribution >= 0.6 is 0 Å². The quantitative estimate of drug-likeness (QED) is 0.598. The molecule has 0 aromatic heterocycles. The molecule has 0 spiro atoms. The molecule has 0 unspecified atom stereocenters. The predicted octanol–water partition coefficient (Wildman–Crippen LogP) is 5.53. The van der Waals surface area contributed by atoms with Crippen molar-refractivity contribution in [2.24, 2.45) is 5.92 Å². The monoisotopic (exact) mass is 374 g/mol. The summed E-state index contributed by atoms with van der Waals surface area (Å²) in [5.41, 5.74) is 1.74. The molecular weight excluding hydrogens is 350 g/mol. The van der Waals surface area contributed by atoms with Gasteiger partial charge in [0.25, 0.3) is 0 Å². The maximum atomic E-state index is 13.7. The van der Waals surface area contributed by atoms with E-state index in [-0.39, 0.29) is 5.75 Å². The number of hydrogen-bond acceptors (Lipinski definition) is 3. The second-order valence-corrected chi connectivity index (χ2v) is 6.92. The molecule has 0 N–H and O–H groups in total. The molecule has 2 aromatic carbocycles. The molecule has 0 radical (unpaired) electrons. The van der Waals surface area contributed by atoms with Gasteiger partial charge in [-0.15, -0.1) is 0 Å². The van der Waals surface area contributed by atoms with Crippen molar-refractivity contribution in [1.82, 2.24) is 0 Å². The first kappa shape index (κ1) is 19.3. The number of carbonyl (C=O) groups is 1. The molecule has 0 aliphatic heterocycles. The van der Waals surface area contributed by atoms with Crippen LogP contribution in [0.4, 0.5) is 8.78 Å². The van der Waals surface area contributed by atoms with Crippen LogP contribution < -0.4 is 9.47 Å². The summed E-state index contributed by atoms with van der Waals surface area (Å²) in [5.74, 6) is -0.498. The van der Waals surface area contributed by atoms with Gasteiger partial charge in [0.2, 0.25) is 5.82 Å². The van der Waals surface area contributed by atoms with E-state index in [0.717, 1.165) is 49.3 Å². The molecule has 2 aromatic rings. The van der Waals surface area contributed by atoms with Crippen LogP contribution in [-0.2, 0) is 0 Å². The number of rotatable bonds is 7. The summed E-state index contributed by atoms with van der Waals surface area (Å²) < 4.78 is 38.0. The molecular formula is C22H24F2O3. The highest BCUT2D eigenvalue weighted by Gasteiger charge is 2.25. The number of aldehydes is 1. The lowest BCUT2D eigenvalue weighted by Crippen LogP contribution is -2.20. The smallest absolute Gasteiger partial charge is 0.200 e. The summed E-state index contributed by atoms with van der Waals surface area (Å²) in [6, 6.07) is 9.57. The molecule has 1 aliphatic rings. The molecule has 0 heterocycles. The van der Waals surface area contributed by atoms with Gasteiger partial charge in [0.05, 0.1) is 13.2 Å². The van der Waals surface area contributed by atoms with E-state index in [1.54, 1.807) is 0 Å². The van der Waals surface area contributed by atoms with Crippen molar-refractivity contribution in [3.8, 4) is 11.5 Å². The topological polar surface area (TPSA) is 35.5 Å². The van der Waals surface area contributed by atoms with Gasteiger partial charge in [0.1, 0.15) is 12.0 Å². The van der Waals surface area contributed by atoms with E-state index < -0.39 is 11.6 Å². The van der Waals surface area contributed by atoms with E-state index in [1.807, 2.05) is 25.1 Å². The second-order valence-electron chi connectivity index (χ2n) is 6.92. The van der Waals surface area contributed by atoms with Crippen LogP contribution in [-0.4, -0.2) is 19.5 Å². The normalized spacial score (nSPS) is 19.5. The van der Waals surface area contributed by atoms with Crippen LogP contribution in [0.25, 0.3) is 0 Å². The molecule has 3 nitrogen and oxygen atoms in total. The van der Waals surface area contributed by atoms with Gasteiger partial charge in [-0.1, -0.05) is 6.07 Å². The summed E-state index contributed by atoms with van der Waals surface area (Å²) >= 11 is 0. The fourth-order valence-corrected chi connectivity index (χ4v) is 3.71. The minimum Gasteiger partial charge on any atom is -0.494 e. The van der Waals surface area contributed by atoms with E-state index in [4.69, 9.17) is 9.47 Å². The maximum absolute atomic E-state index is 13.7. The van der Waals surface area contributed by atoms with Gasteiger partial charge in [0.15, 0.2) is 11.6 Å². The maximum Gasteiger partial charge on any atom is 0.200 e. The summed E-state index contributed by atoms with van der Waals surface area (Å²) in [6.07, 6.45) is 4.58. The lowest BCUT2D eigenvalue weighted by molar-refractivity contribution is 0.112. The Morgan fingerprint density at radius 2 is 1.85 bits per heavy atom. The molecule has 1 aliphatic carbocycles. The van der Waals surface area contributed by atoms with Gasteiger partial charge in [-0.2, -0.15) is 4.39 Å². The highest BCUT2D eigenvalue weighted by molar-refractivity contribution is 5.78. The summed E-state index contributed by atoms with van der Waals surface area (Å²) in [4.78, 5) is 11.4. The van der Waals surface area contributed by atoms with Gasteiger partial charge < -0.3 is 9.47 Å². The van der Waals surface area contributed by atoms with Gasteiger partial charge in [-0.3, -0.25) is 4.79 Å². The minimum atomic E-state index is -0.936. The third kappa shape index (κ3) is 4.65. The van der Waals surface area contributed by atoms with Gasteiger partial charge in [-0.25, -0.2) is 4.39 Å². The first-order valence-corrected chi connectivity index (χ1v) is 9.41. The fraction of sp³-hybridized carbons (Fsp3) is 0.409. The van der Waals surface area contributed by atoms with E-state index in [1.165, 1.54) is 12.1 Å². The highest BCUT2D eigenvalue weighted by atomic mass is 19.2. The van der Waals surface area contributed by atoms with Crippen molar-refractivity contribution >= 4 is 6.29 Å². The first-order valence-electron chi connectivity index (χ1n) is 9.41. The zero-order chi connectivity index (χ0) is 19.2. The SMILES string of the molecule is CCOc1ccc(C=O)c(C2CCC(COc3cccc(F)c3F)CC2)c1. The van der Waals surface area contributed by atoms with Crippen molar-refractivity contribution in [3.63, 3.8) is 0 Å². The van der Waals surface area contributed by atoms with Crippen molar-refractivity contribution in [1.29, 1.82) is 0 Å². The van der Waals surface area contributed by atoms with Crippen LogP contribution in [0.2, 0.25) is 0 Å². The zero-order valence-corrected chi connectivity index (χ0v) is 15.4. The van der Waals surface area contributed by atoms with E-state index >= 15 is 0 Å². The van der Waals surface area contributed by atoms with Crippen molar-refractivity contribution in [2.75, 3.05) is 13.2 Å². The van der Waals surface area contributed by atoms with Gasteiger partial charge >= 0.3 is 0 Å². The van der Waals surface area contributed by atoms with Crippen LogP contribution in [0.3, 0.4) is 0 Å². The molecule has 0 bridgehead atoms. The second kappa shape index (κ2) is 8.98. The van der Waals surface area contributed by atoms with Crippen LogP contribution in [0, 0.1) is 17.6 Å². The lowest BCUT2D eigenvalue weighted by atomic mass is 9.78. The molecule has 0 saturated heterocycles. The first-order chi connectivity index (χ1) is 13.1. The Balaban J connectivity index is 1.59. The number of benzene rings is 2. The Bertz CT molecular complexity index is 783. The molecule has 1 saturated carbocycles. The predicted molar refractivity (Wildman–Crippen MR) is 99.6 cm³/mol. The molecule has 0 amide bonds. The van der Waals surface area contributed by atoms with Crippen LogP contribution in [0.5, 0.6) is 11.5 Å². The molecule has 0 atom stereocenters. The Labute approximate surface area is 158 Å². The van der Waals surface area contributed by atoms with Gasteiger partial charge in [0, 0.05) is 5.56 Å². The Morgan fingerprint density at radius 3 is 2.56 bits per heavy atom. The lowest BCUT2D eigenvalue weighted by Gasteiger charge is -2.29. The number of halogens is 2. The van der Waals surface area contributed by atoms with E-state index in [0.29, 0.717) is 30.6 Å². The zero-order valence-electron chi connectivity index (χ0n) is 15.4. The summed E-state index contributed by atoms with van der Waals surface area (Å²) in [6.45, 7) is 2.88. The van der Waals surface area contributed by atoms with Crippen molar-refractivity contribution in [3.05, 3.63) is 59.2 Å². The summed E-state index contributed by atoms with van der Waals surface area (Å²) in [7, 11) is 0. The average molecular weight is 374 g/mol. The van der Waals surface area contributed by atoms with E-state index in [9.17, 15) is 13.6 Å². The summed E-state index contributed by atoms with van der Waals surface area (Å²) in [5, 5.41) is 0. The minimum absolute atomic E-state index is 0.0372. The molecule has 5 heteroatoms. The van der Waals surface area contributed by atoms with Gasteiger partial charge in [-0.05, 0) is 80.3 Å². The Hall–Kier alpha value is -2.43. The Morgan fingerprint density at radius 1 is 1.07 bits per heavy atom. The number of carbonyl (C=O) groups excluding carboxylic acids is 1. The molecule has 144 valence electrons. The largest absolute Gasteiger partial charge is 0.494 e. The average Bonchev–Trinajstić information content (AvgIpc) is 2.70. The molecule has 3 rings (SSSR count). The third-order valence-electron chi connectivity index (χ3n) is 5.17. The Kier molecular flexibility index (Phi) is 6.43.